The van der Waals surface area contributed by atoms with Gasteiger partial charge in [0.2, 0.25) is 0 Å². The lowest BCUT2D eigenvalue weighted by Crippen LogP contribution is -2.38. The molecule has 2 unspecified atom stereocenters. The molecule has 0 spiro atoms. The number of benzene rings is 1. The molecular weight excluding hydrogens is 226 g/mol. The zero-order valence-electron chi connectivity index (χ0n) is 10.5. The summed E-state index contributed by atoms with van der Waals surface area (Å²) in [6.07, 6.45) is 2.68. The van der Waals surface area contributed by atoms with Crippen molar-refractivity contribution in [1.82, 2.24) is 5.32 Å². The molecule has 2 atom stereocenters. The second-order valence-corrected chi connectivity index (χ2v) is 5.22. The van der Waals surface area contributed by atoms with Gasteiger partial charge < -0.3 is 10.1 Å². The maximum absolute atomic E-state index is 11.9. The lowest BCUT2D eigenvalue weighted by atomic mass is 9.82. The Balaban J connectivity index is 1.75. The van der Waals surface area contributed by atoms with E-state index in [2.05, 4.69) is 17.4 Å². The molecule has 3 heteroatoms. The summed E-state index contributed by atoms with van der Waals surface area (Å²) in [7, 11) is 0. The van der Waals surface area contributed by atoms with Gasteiger partial charge >= 0.3 is 0 Å². The summed E-state index contributed by atoms with van der Waals surface area (Å²) in [4.78, 5) is 11.9. The van der Waals surface area contributed by atoms with Crippen LogP contribution < -0.4 is 10.1 Å². The van der Waals surface area contributed by atoms with Crippen molar-refractivity contribution in [2.75, 3.05) is 19.7 Å². The Kier molecular flexibility index (Phi) is 3.33. The molecule has 2 aliphatic rings. The first kappa shape index (κ1) is 11.7. The molecule has 0 aromatic heterocycles. The number of ketones is 1. The van der Waals surface area contributed by atoms with E-state index in [0.717, 1.165) is 38.3 Å². The van der Waals surface area contributed by atoms with Gasteiger partial charge in [0.25, 0.3) is 0 Å². The summed E-state index contributed by atoms with van der Waals surface area (Å²) in [5.74, 6) is 2.10. The normalized spacial score (nSPS) is 27.4. The Labute approximate surface area is 108 Å². The number of carbonyl (C=O) groups is 1. The van der Waals surface area contributed by atoms with Crippen LogP contribution in [0.3, 0.4) is 0 Å². The van der Waals surface area contributed by atoms with Crippen LogP contribution in [0.25, 0.3) is 0 Å². The molecule has 3 rings (SSSR count). The highest BCUT2D eigenvalue weighted by Gasteiger charge is 2.28. The Hall–Kier alpha value is -1.35. The van der Waals surface area contributed by atoms with Crippen LogP contribution in [-0.4, -0.2) is 25.5 Å². The number of piperidine rings is 1. The van der Waals surface area contributed by atoms with Gasteiger partial charge in [0.15, 0.2) is 0 Å². The maximum Gasteiger partial charge on any atom is 0.138 e. The summed E-state index contributed by atoms with van der Waals surface area (Å²) in [6.45, 7) is 2.47. The van der Waals surface area contributed by atoms with E-state index in [1.165, 1.54) is 5.56 Å². The number of Topliss-reactive ketones (excluding diaryl/α,β-unsaturated/α-hetero) is 1. The van der Waals surface area contributed by atoms with E-state index in [-0.39, 0.29) is 5.92 Å². The van der Waals surface area contributed by atoms with Crippen molar-refractivity contribution < 1.29 is 9.53 Å². The number of ether oxygens (including phenoxy) is 1. The Morgan fingerprint density at radius 1 is 1.28 bits per heavy atom. The van der Waals surface area contributed by atoms with Gasteiger partial charge in [-0.1, -0.05) is 18.2 Å². The van der Waals surface area contributed by atoms with Crippen molar-refractivity contribution in [2.24, 2.45) is 5.92 Å². The van der Waals surface area contributed by atoms with E-state index in [1.54, 1.807) is 0 Å². The molecule has 2 aliphatic heterocycles. The van der Waals surface area contributed by atoms with Crippen LogP contribution in [0.15, 0.2) is 24.3 Å². The Bertz CT molecular complexity index is 444. The largest absolute Gasteiger partial charge is 0.493 e. The average Bonchev–Trinajstić information content (AvgIpc) is 2.42. The van der Waals surface area contributed by atoms with Gasteiger partial charge in [-0.25, -0.2) is 0 Å². The van der Waals surface area contributed by atoms with Crippen molar-refractivity contribution in [1.29, 1.82) is 0 Å². The van der Waals surface area contributed by atoms with Crippen molar-refractivity contribution in [2.45, 2.75) is 25.2 Å². The molecule has 0 amide bonds. The molecule has 1 fully saturated rings. The summed E-state index contributed by atoms with van der Waals surface area (Å²) < 4.78 is 5.67. The van der Waals surface area contributed by atoms with Crippen LogP contribution in [0.2, 0.25) is 0 Å². The highest BCUT2D eigenvalue weighted by Crippen LogP contribution is 2.37. The molecule has 1 aromatic carbocycles. The third kappa shape index (κ3) is 2.27. The first-order valence-electron chi connectivity index (χ1n) is 6.80. The fourth-order valence-electron chi connectivity index (χ4n) is 3.02. The number of hydrogen-bond donors (Lipinski definition) is 1. The van der Waals surface area contributed by atoms with E-state index >= 15 is 0 Å². The molecule has 0 radical (unpaired) electrons. The lowest BCUT2D eigenvalue weighted by Gasteiger charge is -2.30. The van der Waals surface area contributed by atoms with Crippen LogP contribution in [0.5, 0.6) is 5.75 Å². The zero-order chi connectivity index (χ0) is 12.4. The van der Waals surface area contributed by atoms with Gasteiger partial charge in [-0.05, 0) is 30.4 Å². The molecule has 0 bridgehead atoms. The Morgan fingerprint density at radius 2 is 2.17 bits per heavy atom. The van der Waals surface area contributed by atoms with Crippen LogP contribution in [0.1, 0.15) is 30.7 Å². The zero-order valence-corrected chi connectivity index (χ0v) is 10.5. The first-order chi connectivity index (χ1) is 8.84. The average molecular weight is 245 g/mol. The van der Waals surface area contributed by atoms with E-state index in [1.807, 2.05) is 12.1 Å². The third-order valence-electron chi connectivity index (χ3n) is 4.05. The molecular formula is C15H19NO2. The quantitative estimate of drug-likeness (QED) is 0.867. The van der Waals surface area contributed by atoms with E-state index in [9.17, 15) is 4.79 Å². The van der Waals surface area contributed by atoms with E-state index in [0.29, 0.717) is 18.1 Å². The highest BCUT2D eigenvalue weighted by molar-refractivity contribution is 5.82. The molecule has 0 aliphatic carbocycles. The summed E-state index contributed by atoms with van der Waals surface area (Å²) >= 11 is 0. The minimum Gasteiger partial charge on any atom is -0.493 e. The van der Waals surface area contributed by atoms with Crippen molar-refractivity contribution in [3.8, 4) is 5.75 Å². The molecule has 96 valence electrons. The molecule has 1 saturated heterocycles. The van der Waals surface area contributed by atoms with Crippen LogP contribution in [-0.2, 0) is 4.79 Å². The highest BCUT2D eigenvalue weighted by atomic mass is 16.5. The third-order valence-corrected chi connectivity index (χ3v) is 4.05. The molecule has 1 aromatic rings. The van der Waals surface area contributed by atoms with Crippen LogP contribution in [0, 0.1) is 5.92 Å². The van der Waals surface area contributed by atoms with Gasteiger partial charge in [-0.2, -0.15) is 0 Å². The minimum absolute atomic E-state index is 0.190. The Morgan fingerprint density at radius 3 is 3.06 bits per heavy atom. The molecule has 18 heavy (non-hydrogen) atoms. The number of fused-ring (bicyclic) bond motifs is 1. The smallest absolute Gasteiger partial charge is 0.138 e. The summed E-state index contributed by atoms with van der Waals surface area (Å²) in [6, 6.07) is 8.23. The number of rotatable bonds is 2. The van der Waals surface area contributed by atoms with E-state index < -0.39 is 0 Å². The number of nitrogens with one attached hydrogen (secondary N) is 1. The van der Waals surface area contributed by atoms with Crippen molar-refractivity contribution in [3.05, 3.63) is 29.8 Å². The van der Waals surface area contributed by atoms with Gasteiger partial charge in [-0.3, -0.25) is 4.79 Å². The monoisotopic (exact) mass is 245 g/mol. The first-order valence-corrected chi connectivity index (χ1v) is 6.80. The number of carbonyl (C=O) groups excluding carboxylic acids is 1. The summed E-state index contributed by atoms with van der Waals surface area (Å²) in [5.41, 5.74) is 1.28. The SMILES string of the molecule is O=C1CCNCC1CC1CCOc2ccccc21. The molecule has 2 heterocycles. The predicted molar refractivity (Wildman–Crippen MR) is 69.9 cm³/mol. The van der Waals surface area contributed by atoms with Gasteiger partial charge in [0, 0.05) is 25.4 Å². The minimum atomic E-state index is 0.190. The summed E-state index contributed by atoms with van der Waals surface area (Å²) in [5, 5.41) is 3.33. The van der Waals surface area contributed by atoms with Crippen LogP contribution >= 0.6 is 0 Å². The lowest BCUT2D eigenvalue weighted by molar-refractivity contribution is -0.124. The predicted octanol–water partition coefficient (Wildman–Crippen LogP) is 2.12. The number of para-hydroxylation sites is 1. The second kappa shape index (κ2) is 5.11. The molecule has 1 N–H and O–H groups in total. The van der Waals surface area contributed by atoms with Crippen LogP contribution in [0.4, 0.5) is 0 Å². The van der Waals surface area contributed by atoms with Crippen molar-refractivity contribution >= 4 is 5.78 Å². The van der Waals surface area contributed by atoms with Crippen molar-refractivity contribution in [3.63, 3.8) is 0 Å². The van der Waals surface area contributed by atoms with Gasteiger partial charge in [0.1, 0.15) is 11.5 Å². The second-order valence-electron chi connectivity index (χ2n) is 5.22. The number of hydrogen-bond acceptors (Lipinski definition) is 3. The standard InChI is InChI=1S/C15H19NO2/c17-14-5-7-16-10-12(14)9-11-6-8-18-15-4-2-1-3-13(11)15/h1-4,11-12,16H,5-10H2. The molecule has 3 nitrogen and oxygen atoms in total. The van der Waals surface area contributed by atoms with Gasteiger partial charge in [0.05, 0.1) is 6.61 Å². The van der Waals surface area contributed by atoms with E-state index in [4.69, 9.17) is 4.74 Å². The maximum atomic E-state index is 11.9. The molecule has 0 saturated carbocycles. The fourth-order valence-corrected chi connectivity index (χ4v) is 3.02. The topological polar surface area (TPSA) is 38.3 Å². The van der Waals surface area contributed by atoms with Gasteiger partial charge in [-0.15, -0.1) is 0 Å². The fraction of sp³-hybridized carbons (Fsp3) is 0.533.